The van der Waals surface area contributed by atoms with E-state index < -0.39 is 0 Å². The largest absolute Gasteiger partial charge is 0.494 e. The van der Waals surface area contributed by atoms with Gasteiger partial charge in [0.25, 0.3) is 0 Å². The molecule has 1 heterocycles. The average molecular weight is 399 g/mol. The van der Waals surface area contributed by atoms with Gasteiger partial charge in [-0.25, -0.2) is 0 Å². The summed E-state index contributed by atoms with van der Waals surface area (Å²) in [5, 5.41) is 9.21. The van der Waals surface area contributed by atoms with E-state index >= 15 is 0 Å². The highest BCUT2D eigenvalue weighted by molar-refractivity contribution is 7.99. The molecule has 0 amide bonds. The van der Waals surface area contributed by atoms with Gasteiger partial charge in [-0.2, -0.15) is 0 Å². The van der Waals surface area contributed by atoms with Crippen molar-refractivity contribution in [2.45, 2.75) is 12.1 Å². The minimum Gasteiger partial charge on any atom is -0.494 e. The molecule has 8 heteroatoms. The molecule has 0 unspecified atom stereocenters. The van der Waals surface area contributed by atoms with Gasteiger partial charge in [0.2, 0.25) is 0 Å². The number of carbonyl (C=O) groups excluding carboxylic acids is 1. The Morgan fingerprint density at radius 1 is 1.00 bits per heavy atom. The molecule has 3 rings (SSSR count). The van der Waals surface area contributed by atoms with E-state index in [1.807, 2.05) is 53.1 Å². The van der Waals surface area contributed by atoms with Crippen molar-refractivity contribution in [2.75, 3.05) is 26.6 Å². The van der Waals surface area contributed by atoms with E-state index in [0.29, 0.717) is 34.8 Å². The second-order valence-corrected chi connectivity index (χ2v) is 6.55. The lowest BCUT2D eigenvalue weighted by atomic mass is 10.2. The number of nitrogens with zero attached hydrogens (tertiary/aromatic N) is 3. The second-order valence-electron chi connectivity index (χ2n) is 5.61. The van der Waals surface area contributed by atoms with Crippen molar-refractivity contribution in [3.63, 3.8) is 0 Å². The number of ether oxygens (including phenoxy) is 3. The first-order valence-corrected chi connectivity index (χ1v) is 9.68. The van der Waals surface area contributed by atoms with Gasteiger partial charge in [-0.3, -0.25) is 9.36 Å². The van der Waals surface area contributed by atoms with Gasteiger partial charge in [0.1, 0.15) is 17.2 Å². The van der Waals surface area contributed by atoms with Gasteiger partial charge in [0, 0.05) is 5.56 Å². The molecule has 1 aromatic heterocycles. The molecule has 0 bridgehead atoms. The van der Waals surface area contributed by atoms with Crippen LogP contribution in [0.2, 0.25) is 0 Å². The van der Waals surface area contributed by atoms with Crippen molar-refractivity contribution in [3.8, 4) is 28.6 Å². The third kappa shape index (κ3) is 4.12. The van der Waals surface area contributed by atoms with E-state index in [-0.39, 0.29) is 11.7 Å². The summed E-state index contributed by atoms with van der Waals surface area (Å²) in [6.45, 7) is 2.11. The molecule has 146 valence electrons. The molecule has 0 N–H and O–H groups in total. The molecule has 0 radical (unpaired) electrons. The number of rotatable bonds is 8. The molecule has 0 aliphatic rings. The van der Waals surface area contributed by atoms with Crippen LogP contribution in [0.25, 0.3) is 17.1 Å². The van der Waals surface area contributed by atoms with Crippen LogP contribution in [0.3, 0.4) is 0 Å². The Hall–Kier alpha value is -3.00. The Kier molecular flexibility index (Phi) is 6.54. The van der Waals surface area contributed by atoms with Crippen molar-refractivity contribution in [1.82, 2.24) is 14.8 Å². The van der Waals surface area contributed by atoms with E-state index in [1.54, 1.807) is 21.1 Å². The second kappa shape index (κ2) is 9.27. The molecular weight excluding hydrogens is 378 g/mol. The van der Waals surface area contributed by atoms with Gasteiger partial charge in [-0.1, -0.05) is 48.2 Å². The molecule has 0 spiro atoms. The van der Waals surface area contributed by atoms with Crippen molar-refractivity contribution >= 4 is 17.7 Å². The maximum atomic E-state index is 11.8. The van der Waals surface area contributed by atoms with Gasteiger partial charge in [0.15, 0.2) is 11.0 Å². The minimum absolute atomic E-state index is 0.123. The number of aromatic nitrogens is 3. The molecule has 0 atom stereocenters. The van der Waals surface area contributed by atoms with E-state index in [0.717, 1.165) is 5.56 Å². The van der Waals surface area contributed by atoms with Crippen LogP contribution in [0.1, 0.15) is 6.92 Å². The molecule has 0 aliphatic heterocycles. The first kappa shape index (κ1) is 19.8. The molecule has 0 aliphatic carbocycles. The Labute approximate surface area is 167 Å². The number of carbonyl (C=O) groups is 1. The number of benzene rings is 2. The van der Waals surface area contributed by atoms with Crippen LogP contribution in [0, 0.1) is 0 Å². The number of hydrogen-bond donors (Lipinski definition) is 0. The summed E-state index contributed by atoms with van der Waals surface area (Å²) in [4.78, 5) is 11.8. The molecule has 0 fully saturated rings. The zero-order valence-electron chi connectivity index (χ0n) is 15.9. The Bertz CT molecular complexity index is 922. The summed E-state index contributed by atoms with van der Waals surface area (Å²) in [7, 11) is 3.19. The molecule has 0 saturated carbocycles. The third-order valence-electron chi connectivity index (χ3n) is 3.92. The molecule has 2 aromatic carbocycles. The van der Waals surface area contributed by atoms with Crippen molar-refractivity contribution in [1.29, 1.82) is 0 Å². The zero-order valence-corrected chi connectivity index (χ0v) is 16.7. The smallest absolute Gasteiger partial charge is 0.316 e. The number of para-hydroxylation sites is 1. The molecule has 7 nitrogen and oxygen atoms in total. The predicted molar refractivity (Wildman–Crippen MR) is 107 cm³/mol. The molecule has 0 saturated heterocycles. The van der Waals surface area contributed by atoms with Gasteiger partial charge in [-0.05, 0) is 19.1 Å². The number of hydrogen-bond acceptors (Lipinski definition) is 7. The SMILES string of the molecule is CCOC(=O)CSc1nnc(-c2ccccc2)n1-c1c(OC)cccc1OC. The van der Waals surface area contributed by atoms with Crippen LogP contribution in [0.15, 0.2) is 53.7 Å². The van der Waals surface area contributed by atoms with Gasteiger partial charge in [-0.15, -0.1) is 10.2 Å². The number of esters is 1. The minimum atomic E-state index is -0.310. The monoisotopic (exact) mass is 399 g/mol. The first-order valence-electron chi connectivity index (χ1n) is 8.70. The van der Waals surface area contributed by atoms with E-state index in [2.05, 4.69) is 10.2 Å². The van der Waals surface area contributed by atoms with Crippen LogP contribution < -0.4 is 9.47 Å². The van der Waals surface area contributed by atoms with E-state index in [9.17, 15) is 4.79 Å². The normalized spacial score (nSPS) is 10.5. The average Bonchev–Trinajstić information content (AvgIpc) is 3.15. The lowest BCUT2D eigenvalue weighted by Crippen LogP contribution is -2.09. The van der Waals surface area contributed by atoms with Crippen LogP contribution in [0.5, 0.6) is 11.5 Å². The third-order valence-corrected chi connectivity index (χ3v) is 4.82. The van der Waals surface area contributed by atoms with Crippen LogP contribution in [-0.4, -0.2) is 47.3 Å². The molecular formula is C20H21N3O4S. The Morgan fingerprint density at radius 2 is 1.68 bits per heavy atom. The standard InChI is InChI=1S/C20H21N3O4S/c1-4-27-17(24)13-28-20-22-21-19(14-9-6-5-7-10-14)23(20)18-15(25-2)11-8-12-16(18)26-3/h5-12H,4,13H2,1-3H3. The van der Waals surface area contributed by atoms with Gasteiger partial charge < -0.3 is 14.2 Å². The van der Waals surface area contributed by atoms with Crippen molar-refractivity contribution in [2.24, 2.45) is 0 Å². The van der Waals surface area contributed by atoms with Crippen LogP contribution >= 0.6 is 11.8 Å². The van der Waals surface area contributed by atoms with Crippen molar-refractivity contribution in [3.05, 3.63) is 48.5 Å². The van der Waals surface area contributed by atoms with Crippen LogP contribution in [0.4, 0.5) is 0 Å². The Balaban J connectivity index is 2.14. The summed E-state index contributed by atoms with van der Waals surface area (Å²) in [5.74, 6) is 1.65. The highest BCUT2D eigenvalue weighted by atomic mass is 32.2. The number of methoxy groups -OCH3 is 2. The lowest BCUT2D eigenvalue weighted by molar-refractivity contribution is -0.139. The quantitative estimate of drug-likeness (QED) is 0.423. The summed E-state index contributed by atoms with van der Waals surface area (Å²) >= 11 is 1.25. The first-order chi connectivity index (χ1) is 13.7. The summed E-state index contributed by atoms with van der Waals surface area (Å²) in [5.41, 5.74) is 1.55. The molecule has 28 heavy (non-hydrogen) atoms. The topological polar surface area (TPSA) is 75.5 Å². The zero-order chi connectivity index (χ0) is 19.9. The fraction of sp³-hybridized carbons (Fsp3) is 0.250. The van der Waals surface area contributed by atoms with E-state index in [1.165, 1.54) is 11.8 Å². The lowest BCUT2D eigenvalue weighted by Gasteiger charge is -2.17. The maximum Gasteiger partial charge on any atom is 0.316 e. The highest BCUT2D eigenvalue weighted by Crippen LogP contribution is 2.38. The van der Waals surface area contributed by atoms with Gasteiger partial charge >= 0.3 is 5.97 Å². The summed E-state index contributed by atoms with van der Waals surface area (Å²) < 4.78 is 18.0. The maximum absolute atomic E-state index is 11.8. The summed E-state index contributed by atoms with van der Waals surface area (Å²) in [6.07, 6.45) is 0. The number of thioether (sulfide) groups is 1. The van der Waals surface area contributed by atoms with Gasteiger partial charge in [0.05, 0.1) is 26.6 Å². The van der Waals surface area contributed by atoms with E-state index in [4.69, 9.17) is 14.2 Å². The highest BCUT2D eigenvalue weighted by Gasteiger charge is 2.23. The Morgan fingerprint density at radius 3 is 2.29 bits per heavy atom. The fourth-order valence-corrected chi connectivity index (χ4v) is 3.45. The molecule has 3 aromatic rings. The van der Waals surface area contributed by atoms with Crippen LogP contribution in [-0.2, 0) is 9.53 Å². The van der Waals surface area contributed by atoms with Crippen molar-refractivity contribution < 1.29 is 19.0 Å². The predicted octanol–water partition coefficient (Wildman–Crippen LogP) is 3.61. The fourth-order valence-electron chi connectivity index (χ4n) is 2.72. The summed E-state index contributed by atoms with van der Waals surface area (Å²) in [6, 6.07) is 15.2.